The van der Waals surface area contributed by atoms with Crippen LogP contribution in [0.2, 0.25) is 0 Å². The first-order valence-corrected chi connectivity index (χ1v) is 9.90. The van der Waals surface area contributed by atoms with Gasteiger partial charge in [0, 0.05) is 20.3 Å². The minimum absolute atomic E-state index is 0.146. The first kappa shape index (κ1) is 19.7. The quantitative estimate of drug-likeness (QED) is 0.653. The fraction of sp³-hybridized carbons (Fsp3) is 0.235. The first-order chi connectivity index (χ1) is 13.4. The van der Waals surface area contributed by atoms with Gasteiger partial charge in [-0.25, -0.2) is 14.8 Å². The van der Waals surface area contributed by atoms with Gasteiger partial charge in [-0.1, -0.05) is 11.3 Å². The molecule has 3 aromatic rings. The Kier molecular flexibility index (Phi) is 5.85. The van der Waals surface area contributed by atoms with Crippen molar-refractivity contribution in [2.75, 3.05) is 30.9 Å². The largest absolute Gasteiger partial charge is 0.450 e. The molecule has 0 bridgehead atoms. The monoisotopic (exact) mass is 419 g/mol. The number of nitrogens with zero attached hydrogens (tertiary/aromatic N) is 3. The number of anilines is 2. The van der Waals surface area contributed by atoms with E-state index in [4.69, 9.17) is 4.74 Å². The third kappa shape index (κ3) is 4.10. The lowest BCUT2D eigenvalue weighted by Crippen LogP contribution is -2.31. The second-order valence-electron chi connectivity index (χ2n) is 5.69. The van der Waals surface area contributed by atoms with Crippen molar-refractivity contribution in [1.29, 1.82) is 0 Å². The SMILES string of the molecule is CCOC(=O)NC(=O)c1ccsc1NC(=O)c1nc2c(N(C)C)ccnc2s1. The number of pyridine rings is 1. The lowest BCUT2D eigenvalue weighted by Gasteiger charge is -2.11. The van der Waals surface area contributed by atoms with Crippen LogP contribution in [0.25, 0.3) is 10.3 Å². The van der Waals surface area contributed by atoms with Gasteiger partial charge in [-0.05, 0) is 24.4 Å². The smallest absolute Gasteiger partial charge is 0.414 e. The number of ether oxygens (including phenoxy) is 1. The molecule has 3 heterocycles. The molecule has 3 rings (SSSR count). The van der Waals surface area contributed by atoms with E-state index in [1.807, 2.05) is 25.1 Å². The number of hydrogen-bond donors (Lipinski definition) is 2. The number of nitrogens with one attached hydrogen (secondary N) is 2. The van der Waals surface area contributed by atoms with Crippen LogP contribution in [-0.2, 0) is 4.74 Å². The second kappa shape index (κ2) is 8.31. The van der Waals surface area contributed by atoms with E-state index in [9.17, 15) is 14.4 Å². The summed E-state index contributed by atoms with van der Waals surface area (Å²) in [7, 11) is 3.77. The van der Waals surface area contributed by atoms with Crippen LogP contribution in [0, 0.1) is 0 Å². The number of carbonyl (C=O) groups is 3. The predicted octanol–water partition coefficient (Wildman–Crippen LogP) is 2.96. The Balaban J connectivity index is 1.80. The summed E-state index contributed by atoms with van der Waals surface area (Å²) in [6, 6.07) is 3.33. The number of thiazole rings is 1. The van der Waals surface area contributed by atoms with Crippen LogP contribution in [0.15, 0.2) is 23.7 Å². The summed E-state index contributed by atoms with van der Waals surface area (Å²) < 4.78 is 4.69. The molecule has 0 saturated carbocycles. The Hall–Kier alpha value is -3.05. The molecule has 28 heavy (non-hydrogen) atoms. The molecule has 0 aliphatic carbocycles. The number of thiophene rings is 1. The van der Waals surface area contributed by atoms with Gasteiger partial charge in [0.15, 0.2) is 5.01 Å². The molecule has 0 radical (unpaired) electrons. The summed E-state index contributed by atoms with van der Waals surface area (Å²) in [5, 5.41) is 6.96. The number of carbonyl (C=O) groups excluding carboxylic acids is 3. The van der Waals surface area contributed by atoms with Crippen LogP contribution >= 0.6 is 22.7 Å². The molecule has 0 fully saturated rings. The zero-order valence-electron chi connectivity index (χ0n) is 15.3. The van der Waals surface area contributed by atoms with Crippen LogP contribution in [0.4, 0.5) is 15.5 Å². The Morgan fingerprint density at radius 1 is 1.21 bits per heavy atom. The Bertz CT molecular complexity index is 1040. The summed E-state index contributed by atoms with van der Waals surface area (Å²) in [5.74, 6) is -1.11. The van der Waals surface area contributed by atoms with E-state index in [1.165, 1.54) is 6.07 Å². The third-order valence-corrected chi connectivity index (χ3v) is 5.37. The molecule has 0 unspecified atom stereocenters. The molecular weight excluding hydrogens is 402 g/mol. The number of aromatic nitrogens is 2. The highest BCUT2D eigenvalue weighted by Crippen LogP contribution is 2.29. The van der Waals surface area contributed by atoms with Crippen molar-refractivity contribution in [3.63, 3.8) is 0 Å². The molecule has 0 aliphatic heterocycles. The standard InChI is InChI=1S/C17H17N5O4S2/c1-4-26-17(25)21-12(23)9-6-8-27-14(9)20-13(24)16-19-11-10(22(2)3)5-7-18-15(11)28-16/h5-8H,4H2,1-3H3,(H,20,24)(H,21,23,25). The van der Waals surface area contributed by atoms with Crippen LogP contribution in [0.1, 0.15) is 27.1 Å². The summed E-state index contributed by atoms with van der Waals surface area (Å²) >= 11 is 2.32. The van der Waals surface area contributed by atoms with Gasteiger partial charge in [-0.3, -0.25) is 14.9 Å². The van der Waals surface area contributed by atoms with Gasteiger partial charge in [0.05, 0.1) is 17.9 Å². The molecule has 3 aromatic heterocycles. The van der Waals surface area contributed by atoms with E-state index in [1.54, 1.807) is 18.5 Å². The fourth-order valence-corrected chi connectivity index (χ4v) is 3.95. The summed E-state index contributed by atoms with van der Waals surface area (Å²) in [6.45, 7) is 1.78. The van der Waals surface area contributed by atoms with E-state index in [0.29, 0.717) is 15.3 Å². The van der Waals surface area contributed by atoms with E-state index in [-0.39, 0.29) is 17.2 Å². The van der Waals surface area contributed by atoms with E-state index in [2.05, 4.69) is 20.6 Å². The molecule has 146 valence electrons. The third-order valence-electron chi connectivity index (χ3n) is 3.58. The topological polar surface area (TPSA) is 114 Å². The van der Waals surface area contributed by atoms with E-state index in [0.717, 1.165) is 28.4 Å². The molecule has 0 atom stereocenters. The first-order valence-electron chi connectivity index (χ1n) is 8.20. The van der Waals surface area contributed by atoms with Crippen molar-refractivity contribution in [3.05, 3.63) is 34.3 Å². The lowest BCUT2D eigenvalue weighted by molar-refractivity contribution is 0.0926. The molecule has 0 saturated heterocycles. The number of hydrogen-bond acceptors (Lipinski definition) is 9. The highest BCUT2D eigenvalue weighted by atomic mass is 32.1. The zero-order valence-corrected chi connectivity index (χ0v) is 16.9. The summed E-state index contributed by atoms with van der Waals surface area (Å²) in [5.41, 5.74) is 1.65. The highest BCUT2D eigenvalue weighted by Gasteiger charge is 2.21. The summed E-state index contributed by atoms with van der Waals surface area (Å²) in [6.07, 6.45) is 0.818. The van der Waals surface area contributed by atoms with Gasteiger partial charge in [0.1, 0.15) is 15.3 Å². The van der Waals surface area contributed by atoms with Gasteiger partial charge in [-0.15, -0.1) is 11.3 Å². The van der Waals surface area contributed by atoms with Crippen LogP contribution in [0.5, 0.6) is 0 Å². The molecule has 3 amide bonds. The molecule has 9 nitrogen and oxygen atoms in total. The minimum Gasteiger partial charge on any atom is -0.450 e. The maximum atomic E-state index is 12.6. The van der Waals surface area contributed by atoms with E-state index >= 15 is 0 Å². The van der Waals surface area contributed by atoms with E-state index < -0.39 is 17.9 Å². The molecular formula is C17H17N5O4S2. The van der Waals surface area contributed by atoms with Crippen molar-refractivity contribution in [1.82, 2.24) is 15.3 Å². The Labute approximate surface area is 168 Å². The normalized spacial score (nSPS) is 10.5. The fourth-order valence-electron chi connectivity index (χ4n) is 2.35. The van der Waals surface area contributed by atoms with Gasteiger partial charge in [0.25, 0.3) is 11.8 Å². The molecule has 0 aromatic carbocycles. The van der Waals surface area contributed by atoms with Crippen molar-refractivity contribution in [3.8, 4) is 0 Å². The van der Waals surface area contributed by atoms with Crippen molar-refractivity contribution >= 4 is 61.6 Å². The minimum atomic E-state index is -0.843. The van der Waals surface area contributed by atoms with Gasteiger partial charge in [0.2, 0.25) is 0 Å². The van der Waals surface area contributed by atoms with Crippen LogP contribution in [-0.4, -0.2) is 48.6 Å². The Morgan fingerprint density at radius 2 is 2.00 bits per heavy atom. The molecule has 11 heteroatoms. The molecule has 0 spiro atoms. The maximum Gasteiger partial charge on any atom is 0.414 e. The number of fused-ring (bicyclic) bond motifs is 1. The number of amides is 3. The summed E-state index contributed by atoms with van der Waals surface area (Å²) in [4.78, 5) is 47.5. The highest BCUT2D eigenvalue weighted by molar-refractivity contribution is 7.20. The maximum absolute atomic E-state index is 12.6. The van der Waals surface area contributed by atoms with Gasteiger partial charge >= 0.3 is 6.09 Å². The van der Waals surface area contributed by atoms with Gasteiger partial charge < -0.3 is 15.0 Å². The zero-order chi connectivity index (χ0) is 20.3. The van der Waals surface area contributed by atoms with Gasteiger partial charge in [-0.2, -0.15) is 0 Å². The molecule has 0 aliphatic rings. The van der Waals surface area contributed by atoms with Crippen molar-refractivity contribution in [2.24, 2.45) is 0 Å². The molecule has 2 N–H and O–H groups in total. The van der Waals surface area contributed by atoms with Crippen molar-refractivity contribution < 1.29 is 19.1 Å². The second-order valence-corrected chi connectivity index (χ2v) is 7.58. The van der Waals surface area contributed by atoms with Crippen LogP contribution < -0.4 is 15.5 Å². The predicted molar refractivity (Wildman–Crippen MR) is 109 cm³/mol. The lowest BCUT2D eigenvalue weighted by atomic mass is 10.3. The van der Waals surface area contributed by atoms with Crippen LogP contribution in [0.3, 0.4) is 0 Å². The number of alkyl carbamates (subject to hydrolysis) is 1. The van der Waals surface area contributed by atoms with Crippen molar-refractivity contribution in [2.45, 2.75) is 6.92 Å². The average molecular weight is 419 g/mol. The average Bonchev–Trinajstić information content (AvgIpc) is 3.27. The number of imide groups is 1. The Morgan fingerprint density at radius 3 is 2.71 bits per heavy atom. The number of rotatable bonds is 5.